The maximum atomic E-state index is 12.0. The maximum absolute atomic E-state index is 12.0. The Hall–Kier alpha value is -1.51. The van der Waals surface area contributed by atoms with Crippen molar-refractivity contribution in [2.45, 2.75) is 39.5 Å². The molecule has 7 heteroatoms. The zero-order valence-corrected chi connectivity index (χ0v) is 19.6. The van der Waals surface area contributed by atoms with Crippen LogP contribution in [-0.2, 0) is 17.8 Å². The summed E-state index contributed by atoms with van der Waals surface area (Å²) in [7, 11) is 9.67. The van der Waals surface area contributed by atoms with Gasteiger partial charge in [0, 0.05) is 41.8 Å². The molecule has 0 unspecified atom stereocenters. The topological polar surface area (TPSA) is 48.4 Å². The summed E-state index contributed by atoms with van der Waals surface area (Å²) < 4.78 is 5.37. The van der Waals surface area contributed by atoms with Gasteiger partial charge in [-0.25, -0.2) is 9.79 Å². The Kier molecular flexibility index (Phi) is 9.98. The molecule has 0 heterocycles. The van der Waals surface area contributed by atoms with Crippen LogP contribution in [0.4, 0.5) is 4.79 Å². The maximum Gasteiger partial charge on any atom is 0.410 e. The predicted octanol–water partition coefficient (Wildman–Crippen LogP) is 3.65. The third kappa shape index (κ3) is 8.73. The fourth-order valence-electron chi connectivity index (χ4n) is 2.27. The molecule has 0 saturated heterocycles. The molecule has 0 atom stereocenters. The number of ether oxygens (including phenoxy) is 1. The number of hydrogen-bond acceptors (Lipinski definition) is 3. The predicted molar refractivity (Wildman–Crippen MR) is 118 cm³/mol. The Balaban J connectivity index is 0.00000625. The number of nitrogens with zero attached hydrogens (tertiary/aromatic N) is 4. The van der Waals surface area contributed by atoms with Gasteiger partial charge in [-0.1, -0.05) is 24.3 Å². The second-order valence-corrected chi connectivity index (χ2v) is 7.56. The first-order chi connectivity index (χ1) is 11.5. The molecule has 0 bridgehead atoms. The summed E-state index contributed by atoms with van der Waals surface area (Å²) in [6.07, 6.45) is -0.317. The van der Waals surface area contributed by atoms with E-state index < -0.39 is 5.60 Å². The van der Waals surface area contributed by atoms with Crippen LogP contribution in [0.25, 0.3) is 0 Å². The van der Waals surface area contributed by atoms with Crippen molar-refractivity contribution in [3.05, 3.63) is 35.4 Å². The van der Waals surface area contributed by atoms with E-state index in [1.54, 1.807) is 11.9 Å². The summed E-state index contributed by atoms with van der Waals surface area (Å²) in [6, 6.07) is 8.14. The highest BCUT2D eigenvalue weighted by molar-refractivity contribution is 14.0. The van der Waals surface area contributed by atoms with Crippen LogP contribution in [0.1, 0.15) is 31.9 Å². The van der Waals surface area contributed by atoms with Crippen molar-refractivity contribution >= 4 is 36.0 Å². The van der Waals surface area contributed by atoms with Crippen molar-refractivity contribution in [2.75, 3.05) is 35.2 Å². The van der Waals surface area contributed by atoms with Gasteiger partial charge in [0.2, 0.25) is 0 Å². The van der Waals surface area contributed by atoms with E-state index in [2.05, 4.69) is 4.99 Å². The van der Waals surface area contributed by atoms with Crippen molar-refractivity contribution in [3.63, 3.8) is 0 Å². The number of carbonyl (C=O) groups excluding carboxylic acids is 1. The SMILES string of the molecule is CN(C)C(=NCc1ccc(CN(C)C(=O)OC(C)(C)C)cc1)N(C)C.I. The van der Waals surface area contributed by atoms with Gasteiger partial charge in [0.05, 0.1) is 6.54 Å². The standard InChI is InChI=1S/C19H32N4O2.HI/c1-19(2,3)25-18(24)23(8)14-16-11-9-15(10-12-16)13-20-17(21(4)5)22(6)7;/h9-12H,13-14H2,1-8H3;1H. The van der Waals surface area contributed by atoms with Gasteiger partial charge in [-0.15, -0.1) is 24.0 Å². The van der Waals surface area contributed by atoms with E-state index in [0.717, 1.165) is 17.1 Å². The van der Waals surface area contributed by atoms with Gasteiger partial charge in [-0.2, -0.15) is 0 Å². The van der Waals surface area contributed by atoms with Gasteiger partial charge in [-0.3, -0.25) is 0 Å². The number of benzene rings is 1. The fourth-order valence-corrected chi connectivity index (χ4v) is 2.27. The molecule has 0 spiro atoms. The van der Waals surface area contributed by atoms with Crippen molar-refractivity contribution in [2.24, 2.45) is 4.99 Å². The molecule has 26 heavy (non-hydrogen) atoms. The average Bonchev–Trinajstić information content (AvgIpc) is 2.46. The van der Waals surface area contributed by atoms with Crippen LogP contribution in [0.3, 0.4) is 0 Å². The monoisotopic (exact) mass is 476 g/mol. The molecule has 6 nitrogen and oxygen atoms in total. The van der Waals surface area contributed by atoms with Crippen molar-refractivity contribution in [1.82, 2.24) is 14.7 Å². The molecule has 0 aliphatic heterocycles. The summed E-state index contributed by atoms with van der Waals surface area (Å²) in [6.45, 7) is 6.73. The molecular formula is C19H33IN4O2. The van der Waals surface area contributed by atoms with Gasteiger partial charge in [0.15, 0.2) is 5.96 Å². The number of aliphatic imine (C=N–C) groups is 1. The van der Waals surface area contributed by atoms with Crippen LogP contribution >= 0.6 is 24.0 Å². The van der Waals surface area contributed by atoms with Crippen molar-refractivity contribution in [1.29, 1.82) is 0 Å². The van der Waals surface area contributed by atoms with Crippen molar-refractivity contribution in [3.8, 4) is 0 Å². The molecule has 0 aliphatic rings. The lowest BCUT2D eigenvalue weighted by molar-refractivity contribution is 0.0285. The normalized spacial score (nSPS) is 10.5. The Labute approximate surface area is 175 Å². The van der Waals surface area contributed by atoms with E-state index >= 15 is 0 Å². The fraction of sp³-hybridized carbons (Fsp3) is 0.579. The summed E-state index contributed by atoms with van der Waals surface area (Å²) >= 11 is 0. The van der Waals surface area contributed by atoms with E-state index in [1.165, 1.54) is 0 Å². The smallest absolute Gasteiger partial charge is 0.410 e. The second kappa shape index (κ2) is 10.6. The first-order valence-electron chi connectivity index (χ1n) is 8.40. The zero-order chi connectivity index (χ0) is 19.2. The molecule has 1 aromatic carbocycles. The first-order valence-corrected chi connectivity index (χ1v) is 8.40. The number of hydrogen-bond donors (Lipinski definition) is 0. The molecule has 148 valence electrons. The summed E-state index contributed by atoms with van der Waals surface area (Å²) in [4.78, 5) is 22.2. The Morgan fingerprint density at radius 2 is 1.42 bits per heavy atom. The van der Waals surface area contributed by atoms with Gasteiger partial charge in [0.1, 0.15) is 5.60 Å². The lowest BCUT2D eigenvalue weighted by Gasteiger charge is -2.24. The molecule has 1 rings (SSSR count). The molecule has 0 N–H and O–H groups in total. The van der Waals surface area contributed by atoms with Crippen LogP contribution in [-0.4, -0.2) is 67.6 Å². The molecule has 0 radical (unpaired) electrons. The van der Waals surface area contributed by atoms with Gasteiger partial charge in [0.25, 0.3) is 0 Å². The van der Waals surface area contributed by atoms with E-state index in [1.807, 2.05) is 83.0 Å². The van der Waals surface area contributed by atoms with Gasteiger partial charge >= 0.3 is 6.09 Å². The first kappa shape index (κ1) is 24.5. The summed E-state index contributed by atoms with van der Waals surface area (Å²) in [5.74, 6) is 0.925. The summed E-state index contributed by atoms with van der Waals surface area (Å²) in [5.41, 5.74) is 1.70. The average molecular weight is 476 g/mol. The molecule has 1 aromatic rings. The zero-order valence-electron chi connectivity index (χ0n) is 17.2. The number of rotatable bonds is 4. The quantitative estimate of drug-likeness (QED) is 0.378. The lowest BCUT2D eigenvalue weighted by Crippen LogP contribution is -2.35. The van der Waals surface area contributed by atoms with Crippen LogP contribution < -0.4 is 0 Å². The lowest BCUT2D eigenvalue weighted by atomic mass is 10.1. The van der Waals surface area contributed by atoms with Crippen LogP contribution in [0.2, 0.25) is 0 Å². The van der Waals surface area contributed by atoms with Gasteiger partial charge < -0.3 is 19.4 Å². The van der Waals surface area contributed by atoms with E-state index in [4.69, 9.17) is 4.74 Å². The number of guanidine groups is 1. The Morgan fingerprint density at radius 1 is 0.962 bits per heavy atom. The third-order valence-electron chi connectivity index (χ3n) is 3.35. The van der Waals surface area contributed by atoms with Crippen LogP contribution in [0.5, 0.6) is 0 Å². The third-order valence-corrected chi connectivity index (χ3v) is 3.35. The Bertz CT molecular complexity index is 583. The summed E-state index contributed by atoms with van der Waals surface area (Å²) in [5, 5.41) is 0. The molecule has 0 fully saturated rings. The van der Waals surface area contributed by atoms with E-state index in [9.17, 15) is 4.79 Å². The molecule has 0 aliphatic carbocycles. The molecule has 0 saturated carbocycles. The molecule has 0 aromatic heterocycles. The van der Waals surface area contributed by atoms with Crippen molar-refractivity contribution < 1.29 is 9.53 Å². The highest BCUT2D eigenvalue weighted by Gasteiger charge is 2.19. The largest absolute Gasteiger partial charge is 0.444 e. The minimum atomic E-state index is -0.482. The highest BCUT2D eigenvalue weighted by atomic mass is 127. The Morgan fingerprint density at radius 3 is 1.85 bits per heavy atom. The van der Waals surface area contributed by atoms with Gasteiger partial charge in [-0.05, 0) is 31.9 Å². The number of halogens is 1. The molecule has 1 amide bonds. The minimum absolute atomic E-state index is 0. The van der Waals surface area contributed by atoms with Crippen LogP contribution in [0, 0.1) is 0 Å². The number of amides is 1. The minimum Gasteiger partial charge on any atom is -0.444 e. The van der Waals surface area contributed by atoms with Crippen LogP contribution in [0.15, 0.2) is 29.3 Å². The van der Waals surface area contributed by atoms with E-state index in [-0.39, 0.29) is 30.1 Å². The highest BCUT2D eigenvalue weighted by Crippen LogP contribution is 2.12. The number of carbonyl (C=O) groups is 1. The molecular weight excluding hydrogens is 443 g/mol. The van der Waals surface area contributed by atoms with E-state index in [0.29, 0.717) is 13.1 Å². The second-order valence-electron chi connectivity index (χ2n) is 7.56.